The minimum atomic E-state index is -0.233. The molecule has 1 aliphatic heterocycles. The summed E-state index contributed by atoms with van der Waals surface area (Å²) in [5, 5.41) is 2.82. The first kappa shape index (κ1) is 17.0. The van der Waals surface area contributed by atoms with Gasteiger partial charge in [0, 0.05) is 18.8 Å². The number of amides is 2. The molecule has 5 nitrogen and oxygen atoms in total. The Kier molecular flexibility index (Phi) is 5.33. The molecule has 1 aliphatic rings. The molecule has 5 heteroatoms. The Hall–Kier alpha value is -2.82. The van der Waals surface area contributed by atoms with Gasteiger partial charge in [-0.15, -0.1) is 0 Å². The van der Waals surface area contributed by atoms with Crippen LogP contribution in [0.2, 0.25) is 0 Å². The van der Waals surface area contributed by atoms with E-state index in [0.717, 1.165) is 35.4 Å². The maximum atomic E-state index is 12.4. The summed E-state index contributed by atoms with van der Waals surface area (Å²) in [6, 6.07) is 15.6. The summed E-state index contributed by atoms with van der Waals surface area (Å²) in [5.74, 6) is 0.430. The van der Waals surface area contributed by atoms with Crippen LogP contribution in [0.4, 0.5) is 5.69 Å². The fourth-order valence-electron chi connectivity index (χ4n) is 3.03. The Balaban J connectivity index is 1.45. The SMILES string of the molecule is COc1ccc(CCNC(=O)CC(=O)N2CCc3ccccc32)cc1. The predicted octanol–water partition coefficient (Wildman–Crippen LogP) is 2.33. The van der Waals surface area contributed by atoms with Gasteiger partial charge in [-0.25, -0.2) is 0 Å². The zero-order valence-electron chi connectivity index (χ0n) is 14.3. The van der Waals surface area contributed by atoms with Gasteiger partial charge >= 0.3 is 0 Å². The Morgan fingerprint density at radius 2 is 1.88 bits per heavy atom. The van der Waals surface area contributed by atoms with Crippen LogP contribution in [0.5, 0.6) is 5.75 Å². The molecule has 0 bridgehead atoms. The molecule has 0 atom stereocenters. The molecule has 0 unspecified atom stereocenters. The van der Waals surface area contributed by atoms with Crippen LogP contribution in [0.15, 0.2) is 48.5 Å². The smallest absolute Gasteiger partial charge is 0.236 e. The van der Waals surface area contributed by atoms with Gasteiger partial charge in [0.2, 0.25) is 11.8 Å². The van der Waals surface area contributed by atoms with Crippen molar-refractivity contribution >= 4 is 17.5 Å². The Bertz CT molecular complexity index is 756. The molecule has 2 aromatic carbocycles. The highest BCUT2D eigenvalue weighted by molar-refractivity contribution is 6.05. The molecule has 1 N–H and O–H groups in total. The highest BCUT2D eigenvalue weighted by Crippen LogP contribution is 2.27. The van der Waals surface area contributed by atoms with E-state index in [0.29, 0.717) is 13.1 Å². The van der Waals surface area contributed by atoms with Crippen molar-refractivity contribution in [2.24, 2.45) is 0 Å². The lowest BCUT2D eigenvalue weighted by Crippen LogP contribution is -2.35. The summed E-state index contributed by atoms with van der Waals surface area (Å²) in [4.78, 5) is 26.1. The number of carbonyl (C=O) groups is 2. The number of ether oxygens (including phenoxy) is 1. The summed E-state index contributed by atoms with van der Waals surface area (Å²) < 4.78 is 5.12. The van der Waals surface area contributed by atoms with Gasteiger partial charge in [0.1, 0.15) is 12.2 Å². The van der Waals surface area contributed by atoms with E-state index in [2.05, 4.69) is 5.32 Å². The molecular formula is C20H22N2O3. The van der Waals surface area contributed by atoms with Crippen molar-refractivity contribution in [1.29, 1.82) is 0 Å². The number of nitrogens with zero attached hydrogens (tertiary/aromatic N) is 1. The van der Waals surface area contributed by atoms with Crippen molar-refractivity contribution in [3.8, 4) is 5.75 Å². The third-order valence-electron chi connectivity index (χ3n) is 4.39. The molecule has 0 saturated carbocycles. The normalized spacial score (nSPS) is 12.6. The van der Waals surface area contributed by atoms with Crippen LogP contribution in [0.3, 0.4) is 0 Å². The molecule has 3 rings (SSSR count). The number of hydrogen-bond donors (Lipinski definition) is 1. The molecule has 0 fully saturated rings. The van der Waals surface area contributed by atoms with Crippen molar-refractivity contribution in [2.75, 3.05) is 25.1 Å². The monoisotopic (exact) mass is 338 g/mol. The Labute approximate surface area is 147 Å². The van der Waals surface area contributed by atoms with E-state index in [1.807, 2.05) is 48.5 Å². The second-order valence-electron chi connectivity index (χ2n) is 6.05. The Morgan fingerprint density at radius 3 is 2.64 bits per heavy atom. The number of benzene rings is 2. The lowest BCUT2D eigenvalue weighted by molar-refractivity contribution is -0.127. The van der Waals surface area contributed by atoms with Gasteiger partial charge in [-0.2, -0.15) is 0 Å². The summed E-state index contributed by atoms with van der Waals surface area (Å²) in [5.41, 5.74) is 3.20. The first-order chi connectivity index (χ1) is 12.2. The van der Waals surface area contributed by atoms with E-state index in [1.54, 1.807) is 12.0 Å². The zero-order chi connectivity index (χ0) is 17.6. The number of rotatable bonds is 6. The van der Waals surface area contributed by atoms with Gasteiger partial charge in [0.05, 0.1) is 7.11 Å². The van der Waals surface area contributed by atoms with Gasteiger partial charge in [-0.05, 0) is 42.2 Å². The molecule has 0 saturated heterocycles. The zero-order valence-corrected chi connectivity index (χ0v) is 14.3. The number of carbonyl (C=O) groups excluding carboxylic acids is 2. The van der Waals surface area contributed by atoms with Gasteiger partial charge in [-0.1, -0.05) is 30.3 Å². The molecule has 0 aliphatic carbocycles. The maximum absolute atomic E-state index is 12.4. The highest BCUT2D eigenvalue weighted by Gasteiger charge is 2.25. The standard InChI is InChI=1S/C20H22N2O3/c1-25-17-8-6-15(7-9-17)10-12-21-19(23)14-20(24)22-13-11-16-4-2-3-5-18(16)22/h2-9H,10-14H2,1H3,(H,21,23). The number of methoxy groups -OCH3 is 1. The van der Waals surface area contributed by atoms with E-state index in [9.17, 15) is 9.59 Å². The van der Waals surface area contributed by atoms with Gasteiger partial charge in [-0.3, -0.25) is 9.59 Å². The maximum Gasteiger partial charge on any atom is 0.236 e. The van der Waals surface area contributed by atoms with Crippen LogP contribution in [0.25, 0.3) is 0 Å². The first-order valence-corrected chi connectivity index (χ1v) is 8.45. The Morgan fingerprint density at radius 1 is 1.12 bits per heavy atom. The van der Waals surface area contributed by atoms with Crippen LogP contribution in [0, 0.1) is 0 Å². The van der Waals surface area contributed by atoms with Crippen LogP contribution in [0.1, 0.15) is 17.5 Å². The molecule has 2 amide bonds. The minimum Gasteiger partial charge on any atom is -0.497 e. The summed E-state index contributed by atoms with van der Waals surface area (Å²) in [7, 11) is 1.63. The fourth-order valence-corrected chi connectivity index (χ4v) is 3.03. The van der Waals surface area contributed by atoms with Crippen molar-refractivity contribution in [2.45, 2.75) is 19.3 Å². The lowest BCUT2D eigenvalue weighted by atomic mass is 10.1. The predicted molar refractivity (Wildman–Crippen MR) is 96.8 cm³/mol. The average molecular weight is 338 g/mol. The first-order valence-electron chi connectivity index (χ1n) is 8.45. The molecule has 0 radical (unpaired) electrons. The molecule has 130 valence electrons. The molecule has 0 spiro atoms. The molecule has 2 aromatic rings. The number of nitrogens with one attached hydrogen (secondary N) is 1. The van der Waals surface area contributed by atoms with Gasteiger partial charge in [0.25, 0.3) is 0 Å². The minimum absolute atomic E-state index is 0.114. The average Bonchev–Trinajstić information content (AvgIpc) is 3.06. The third-order valence-corrected chi connectivity index (χ3v) is 4.39. The second-order valence-corrected chi connectivity index (χ2v) is 6.05. The largest absolute Gasteiger partial charge is 0.497 e. The molecule has 1 heterocycles. The van der Waals surface area contributed by atoms with Crippen LogP contribution in [-0.4, -0.2) is 32.0 Å². The van der Waals surface area contributed by atoms with Crippen molar-refractivity contribution in [1.82, 2.24) is 5.32 Å². The fraction of sp³-hybridized carbons (Fsp3) is 0.300. The number of fused-ring (bicyclic) bond motifs is 1. The van der Waals surface area contributed by atoms with Gasteiger partial charge in [0.15, 0.2) is 0 Å². The molecule has 25 heavy (non-hydrogen) atoms. The van der Waals surface area contributed by atoms with Crippen molar-refractivity contribution < 1.29 is 14.3 Å². The number of hydrogen-bond acceptors (Lipinski definition) is 3. The third kappa shape index (κ3) is 4.18. The van der Waals surface area contributed by atoms with Crippen LogP contribution in [-0.2, 0) is 22.4 Å². The summed E-state index contributed by atoms with van der Waals surface area (Å²) >= 11 is 0. The number of para-hydroxylation sites is 1. The van der Waals surface area contributed by atoms with E-state index in [4.69, 9.17) is 4.74 Å². The second kappa shape index (κ2) is 7.83. The number of anilines is 1. The topological polar surface area (TPSA) is 58.6 Å². The van der Waals surface area contributed by atoms with E-state index >= 15 is 0 Å². The van der Waals surface area contributed by atoms with Crippen molar-refractivity contribution in [3.63, 3.8) is 0 Å². The van der Waals surface area contributed by atoms with Crippen LogP contribution >= 0.6 is 0 Å². The summed E-state index contributed by atoms with van der Waals surface area (Å²) in [6.45, 7) is 1.16. The highest BCUT2D eigenvalue weighted by atomic mass is 16.5. The molecular weight excluding hydrogens is 316 g/mol. The van der Waals surface area contributed by atoms with E-state index < -0.39 is 0 Å². The lowest BCUT2D eigenvalue weighted by Gasteiger charge is -2.17. The van der Waals surface area contributed by atoms with Gasteiger partial charge < -0.3 is 15.0 Å². The van der Waals surface area contributed by atoms with E-state index in [-0.39, 0.29) is 18.2 Å². The van der Waals surface area contributed by atoms with Crippen LogP contribution < -0.4 is 15.0 Å². The quantitative estimate of drug-likeness (QED) is 0.823. The summed E-state index contributed by atoms with van der Waals surface area (Å²) in [6.07, 6.45) is 1.45. The van der Waals surface area contributed by atoms with E-state index in [1.165, 1.54) is 0 Å². The van der Waals surface area contributed by atoms with Crippen molar-refractivity contribution in [3.05, 3.63) is 59.7 Å². The molecule has 0 aromatic heterocycles.